The van der Waals surface area contributed by atoms with E-state index in [-0.39, 0.29) is 12.2 Å². The van der Waals surface area contributed by atoms with Gasteiger partial charge >= 0.3 is 11.9 Å². The maximum absolute atomic E-state index is 11.7. The lowest BCUT2D eigenvalue weighted by molar-refractivity contribution is -0.145. The van der Waals surface area contributed by atoms with Crippen molar-refractivity contribution in [1.29, 1.82) is 0 Å². The lowest BCUT2D eigenvalue weighted by Crippen LogP contribution is -2.23. The third kappa shape index (κ3) is 4.83. The molecule has 0 N–H and O–H groups in total. The van der Waals surface area contributed by atoms with Crippen molar-refractivity contribution in [2.24, 2.45) is 5.11 Å². The van der Waals surface area contributed by atoms with Gasteiger partial charge < -0.3 is 9.47 Å². The molecule has 0 saturated carbocycles. The monoisotopic (exact) mass is 275 g/mol. The minimum atomic E-state index is -1.23. The van der Waals surface area contributed by atoms with Crippen LogP contribution in [0.3, 0.4) is 0 Å². The fraction of sp³-hybridized carbons (Fsp3) is 0.231. The zero-order valence-corrected chi connectivity index (χ0v) is 10.9. The summed E-state index contributed by atoms with van der Waals surface area (Å²) < 4.78 is 9.72. The first-order valence-corrected chi connectivity index (χ1v) is 5.67. The van der Waals surface area contributed by atoms with E-state index in [9.17, 15) is 9.59 Å². The first-order valence-electron chi connectivity index (χ1n) is 5.67. The molecule has 0 aliphatic carbocycles. The minimum Gasteiger partial charge on any atom is -0.458 e. The highest BCUT2D eigenvalue weighted by Crippen LogP contribution is 2.05. The number of ether oxygens (including phenoxy) is 2. The zero-order chi connectivity index (χ0) is 15.0. The van der Waals surface area contributed by atoms with Gasteiger partial charge in [-0.3, -0.25) is 0 Å². The Hall–Kier alpha value is -2.79. The van der Waals surface area contributed by atoms with Crippen LogP contribution in [0.4, 0.5) is 0 Å². The molecule has 0 heterocycles. The third-order valence-electron chi connectivity index (χ3n) is 2.14. The largest absolute Gasteiger partial charge is 0.458 e. The van der Waals surface area contributed by atoms with Crippen molar-refractivity contribution in [3.05, 3.63) is 58.5 Å². The third-order valence-corrected chi connectivity index (χ3v) is 2.14. The Balaban J connectivity index is 2.59. The molecule has 1 rings (SSSR count). The van der Waals surface area contributed by atoms with Crippen LogP contribution in [0.25, 0.3) is 10.4 Å². The van der Waals surface area contributed by atoms with Gasteiger partial charge in [-0.1, -0.05) is 24.8 Å². The van der Waals surface area contributed by atoms with E-state index in [0.29, 0.717) is 5.56 Å². The fourth-order valence-corrected chi connectivity index (χ4v) is 1.18. The van der Waals surface area contributed by atoms with Gasteiger partial charge in [0, 0.05) is 10.5 Å². The average molecular weight is 275 g/mol. The van der Waals surface area contributed by atoms with Gasteiger partial charge in [0.15, 0.2) is 0 Å². The topological polar surface area (TPSA) is 101 Å². The molecule has 1 aromatic rings. The second-order valence-corrected chi connectivity index (χ2v) is 3.81. The van der Waals surface area contributed by atoms with Gasteiger partial charge in [-0.2, -0.15) is 0 Å². The number of esters is 2. The summed E-state index contributed by atoms with van der Waals surface area (Å²) >= 11 is 0. The molecule has 1 atom stereocenters. The number of rotatable bonds is 6. The molecule has 0 fully saturated rings. The molecule has 104 valence electrons. The average Bonchev–Trinajstić information content (AvgIpc) is 2.45. The van der Waals surface area contributed by atoms with Crippen molar-refractivity contribution >= 4 is 11.9 Å². The van der Waals surface area contributed by atoms with Gasteiger partial charge in [0.05, 0.1) is 5.56 Å². The van der Waals surface area contributed by atoms with Gasteiger partial charge in [0.25, 0.3) is 0 Å². The quantitative estimate of drug-likeness (QED) is 0.262. The first kappa shape index (κ1) is 15.3. The van der Waals surface area contributed by atoms with Crippen LogP contribution in [0.1, 0.15) is 17.3 Å². The summed E-state index contributed by atoms with van der Waals surface area (Å²) in [6.45, 7) is 4.48. The second kappa shape index (κ2) is 7.60. The molecule has 0 saturated heterocycles. The summed E-state index contributed by atoms with van der Waals surface area (Å²) in [5.41, 5.74) is 8.87. The van der Waals surface area contributed by atoms with E-state index in [0.717, 1.165) is 0 Å². The standard InChI is InChI=1S/C13H13N3O4/c1-9(2)12(17)20-11(15-16-14)8-19-13(18)10-6-4-3-5-7-10/h3-7,11H,1,8H2,2H3. The summed E-state index contributed by atoms with van der Waals surface area (Å²) in [6, 6.07) is 8.27. The predicted molar refractivity (Wildman–Crippen MR) is 70.6 cm³/mol. The number of nitrogens with zero attached hydrogens (tertiary/aromatic N) is 3. The van der Waals surface area contributed by atoms with Gasteiger partial charge in [-0.15, -0.1) is 0 Å². The Kier molecular flexibility index (Phi) is 5.80. The van der Waals surface area contributed by atoms with Crippen LogP contribution >= 0.6 is 0 Å². The van der Waals surface area contributed by atoms with Crippen molar-refractivity contribution in [3.63, 3.8) is 0 Å². The van der Waals surface area contributed by atoms with E-state index in [1.54, 1.807) is 30.3 Å². The molecule has 0 aromatic heterocycles. The van der Waals surface area contributed by atoms with Crippen molar-refractivity contribution < 1.29 is 19.1 Å². The normalized spacial score (nSPS) is 10.8. The molecule has 0 bridgehead atoms. The molecular formula is C13H13N3O4. The maximum Gasteiger partial charge on any atom is 0.338 e. The Morgan fingerprint density at radius 3 is 2.60 bits per heavy atom. The summed E-state index contributed by atoms with van der Waals surface area (Å²) in [5.74, 6) is -1.33. The van der Waals surface area contributed by atoms with E-state index in [4.69, 9.17) is 15.0 Å². The summed E-state index contributed by atoms with van der Waals surface area (Å²) in [5, 5.41) is 3.23. The Bertz CT molecular complexity index is 550. The zero-order valence-electron chi connectivity index (χ0n) is 10.9. The van der Waals surface area contributed by atoms with E-state index in [1.165, 1.54) is 6.92 Å². The van der Waals surface area contributed by atoms with Crippen LogP contribution in [0.5, 0.6) is 0 Å². The van der Waals surface area contributed by atoms with Crippen molar-refractivity contribution in [1.82, 2.24) is 0 Å². The van der Waals surface area contributed by atoms with Gasteiger partial charge in [-0.25, -0.2) is 9.59 Å². The number of carbonyl (C=O) groups is 2. The van der Waals surface area contributed by atoms with Crippen molar-refractivity contribution in [2.75, 3.05) is 6.61 Å². The summed E-state index contributed by atoms with van der Waals surface area (Å²) in [7, 11) is 0. The van der Waals surface area contributed by atoms with E-state index in [2.05, 4.69) is 16.6 Å². The molecule has 0 spiro atoms. The lowest BCUT2D eigenvalue weighted by atomic mass is 10.2. The molecular weight excluding hydrogens is 262 g/mol. The van der Waals surface area contributed by atoms with Crippen LogP contribution in [-0.2, 0) is 14.3 Å². The molecule has 0 radical (unpaired) electrons. The van der Waals surface area contributed by atoms with Crippen LogP contribution < -0.4 is 0 Å². The lowest BCUT2D eigenvalue weighted by Gasteiger charge is -2.13. The smallest absolute Gasteiger partial charge is 0.338 e. The first-order chi connectivity index (χ1) is 9.54. The number of carbonyl (C=O) groups excluding carboxylic acids is 2. The summed E-state index contributed by atoms with van der Waals surface area (Å²) in [4.78, 5) is 25.5. The Morgan fingerprint density at radius 1 is 1.40 bits per heavy atom. The minimum absolute atomic E-state index is 0.150. The predicted octanol–water partition coefficient (Wildman–Crippen LogP) is 2.60. The molecule has 0 amide bonds. The Morgan fingerprint density at radius 2 is 2.05 bits per heavy atom. The molecule has 1 unspecified atom stereocenters. The number of hydrogen-bond acceptors (Lipinski definition) is 5. The SMILES string of the molecule is C=C(C)C(=O)OC(COC(=O)c1ccccc1)N=[N+]=[N-]. The van der Waals surface area contributed by atoms with E-state index >= 15 is 0 Å². The highest BCUT2D eigenvalue weighted by atomic mass is 16.6. The van der Waals surface area contributed by atoms with Gasteiger partial charge in [0.1, 0.15) is 6.61 Å². The number of hydrogen-bond donors (Lipinski definition) is 0. The van der Waals surface area contributed by atoms with Crippen LogP contribution in [0.15, 0.2) is 47.6 Å². The molecule has 7 heteroatoms. The fourth-order valence-electron chi connectivity index (χ4n) is 1.18. The second-order valence-electron chi connectivity index (χ2n) is 3.81. The molecule has 1 aromatic carbocycles. The Labute approximate surface area is 115 Å². The highest BCUT2D eigenvalue weighted by molar-refractivity contribution is 5.89. The molecule has 0 aliphatic heterocycles. The van der Waals surface area contributed by atoms with Crippen molar-refractivity contribution in [2.45, 2.75) is 13.2 Å². The molecule has 20 heavy (non-hydrogen) atoms. The van der Waals surface area contributed by atoms with E-state index in [1.807, 2.05) is 0 Å². The van der Waals surface area contributed by atoms with Gasteiger partial charge in [0.2, 0.25) is 6.23 Å². The summed E-state index contributed by atoms with van der Waals surface area (Å²) in [6.07, 6.45) is -1.23. The highest BCUT2D eigenvalue weighted by Gasteiger charge is 2.16. The molecule has 0 aliphatic rings. The molecule has 7 nitrogen and oxygen atoms in total. The van der Waals surface area contributed by atoms with Crippen LogP contribution in [0, 0.1) is 0 Å². The number of azide groups is 1. The maximum atomic E-state index is 11.7. The van der Waals surface area contributed by atoms with Crippen LogP contribution in [-0.4, -0.2) is 24.8 Å². The number of benzene rings is 1. The van der Waals surface area contributed by atoms with Crippen molar-refractivity contribution in [3.8, 4) is 0 Å². The van der Waals surface area contributed by atoms with Gasteiger partial charge in [-0.05, 0) is 29.7 Å². The van der Waals surface area contributed by atoms with E-state index < -0.39 is 18.2 Å². The van der Waals surface area contributed by atoms with Crippen LogP contribution in [0.2, 0.25) is 0 Å².